The van der Waals surface area contributed by atoms with Gasteiger partial charge in [-0.3, -0.25) is 4.90 Å². The van der Waals surface area contributed by atoms with Crippen molar-refractivity contribution in [2.45, 2.75) is 6.54 Å². The quantitative estimate of drug-likeness (QED) is 0.456. The molecule has 78 valence electrons. The molecule has 0 radical (unpaired) electrons. The van der Waals surface area contributed by atoms with Crippen LogP contribution in [0.4, 0.5) is 0 Å². The number of ether oxygens (including phenoxy) is 1. The second-order valence-corrected chi connectivity index (χ2v) is 3.28. The first-order valence-corrected chi connectivity index (χ1v) is 4.71. The molecule has 1 aromatic rings. The number of hydrogen-bond donors (Lipinski definition) is 0. The van der Waals surface area contributed by atoms with E-state index in [9.17, 15) is 0 Å². The standard InChI is InChI=1S/C11H14NO.BrH.Mg/c1-2-4-11(5-3-1)10-12-6-8-13-9-7-12;;/h1-4H,6-10H2;1H;/q-1;;+2/p-1. The van der Waals surface area contributed by atoms with E-state index in [0.29, 0.717) is 0 Å². The van der Waals surface area contributed by atoms with Crippen molar-refractivity contribution in [1.82, 2.24) is 4.90 Å². The summed E-state index contributed by atoms with van der Waals surface area (Å²) in [6.07, 6.45) is 0. The molecule has 2 rings (SSSR count). The van der Waals surface area contributed by atoms with E-state index >= 15 is 0 Å². The van der Waals surface area contributed by atoms with E-state index in [4.69, 9.17) is 4.74 Å². The largest absolute Gasteiger partial charge is 2.00 e. The number of benzene rings is 1. The van der Waals surface area contributed by atoms with E-state index in [1.165, 1.54) is 5.56 Å². The van der Waals surface area contributed by atoms with Crippen molar-refractivity contribution in [3.05, 3.63) is 35.9 Å². The molecule has 0 N–H and O–H groups in total. The van der Waals surface area contributed by atoms with Crippen LogP contribution < -0.4 is 17.0 Å². The molecule has 1 fully saturated rings. The summed E-state index contributed by atoms with van der Waals surface area (Å²) in [6, 6.07) is 11.4. The van der Waals surface area contributed by atoms with Crippen LogP contribution in [0.1, 0.15) is 5.56 Å². The maximum absolute atomic E-state index is 5.29. The molecule has 1 aromatic carbocycles. The molecule has 0 aromatic heterocycles. The molecule has 1 aliphatic heterocycles. The zero-order valence-electron chi connectivity index (χ0n) is 8.79. The van der Waals surface area contributed by atoms with Gasteiger partial charge in [-0.1, -0.05) is 0 Å². The van der Waals surface area contributed by atoms with Crippen LogP contribution in [-0.4, -0.2) is 54.3 Å². The molecule has 4 heteroatoms. The Morgan fingerprint density at radius 1 is 1.27 bits per heavy atom. The molecule has 15 heavy (non-hydrogen) atoms. The zero-order chi connectivity index (χ0) is 8.93. The molecule has 1 aliphatic rings. The third-order valence-corrected chi connectivity index (χ3v) is 2.27. The Morgan fingerprint density at radius 3 is 2.60 bits per heavy atom. The van der Waals surface area contributed by atoms with Crippen molar-refractivity contribution in [2.75, 3.05) is 26.3 Å². The van der Waals surface area contributed by atoms with Gasteiger partial charge >= 0.3 is 23.1 Å². The summed E-state index contributed by atoms with van der Waals surface area (Å²) in [5.41, 5.74) is 1.27. The van der Waals surface area contributed by atoms with Gasteiger partial charge in [-0.05, 0) is 0 Å². The Bertz CT molecular complexity index is 252. The van der Waals surface area contributed by atoms with Gasteiger partial charge in [0.25, 0.3) is 0 Å². The number of nitrogens with zero attached hydrogens (tertiary/aromatic N) is 1. The number of morpholine rings is 1. The van der Waals surface area contributed by atoms with Crippen LogP contribution in [0.2, 0.25) is 0 Å². The van der Waals surface area contributed by atoms with Gasteiger partial charge in [0.2, 0.25) is 0 Å². The molecule has 1 heterocycles. The van der Waals surface area contributed by atoms with Crippen molar-refractivity contribution < 1.29 is 21.7 Å². The van der Waals surface area contributed by atoms with Crippen LogP contribution in [-0.2, 0) is 11.3 Å². The van der Waals surface area contributed by atoms with Crippen LogP contribution in [0.25, 0.3) is 0 Å². The monoisotopic (exact) mass is 279 g/mol. The SMILES string of the molecule is [Br-].[Mg+2].[c-]1ccccc1CN1CCOCC1. The average Bonchev–Trinajstić information content (AvgIpc) is 2.21. The topological polar surface area (TPSA) is 12.5 Å². The van der Waals surface area contributed by atoms with Gasteiger partial charge in [-0.2, -0.15) is 30.3 Å². The normalized spacial score (nSPS) is 16.3. The van der Waals surface area contributed by atoms with E-state index in [1.807, 2.05) is 12.1 Å². The summed E-state index contributed by atoms with van der Waals surface area (Å²) < 4.78 is 5.29. The second-order valence-electron chi connectivity index (χ2n) is 3.28. The summed E-state index contributed by atoms with van der Waals surface area (Å²) in [5, 5.41) is 0. The predicted octanol–water partition coefficient (Wildman–Crippen LogP) is -2.06. The molecule has 0 aliphatic carbocycles. The number of rotatable bonds is 2. The van der Waals surface area contributed by atoms with Gasteiger partial charge in [0.05, 0.1) is 13.2 Å². The Morgan fingerprint density at radius 2 is 2.00 bits per heavy atom. The maximum atomic E-state index is 5.29. The first-order valence-electron chi connectivity index (χ1n) is 4.71. The Balaban J connectivity index is 0.000000980. The predicted molar refractivity (Wildman–Crippen MR) is 57.1 cm³/mol. The molecule has 0 atom stereocenters. The fourth-order valence-corrected chi connectivity index (χ4v) is 1.53. The summed E-state index contributed by atoms with van der Waals surface area (Å²) in [4.78, 5) is 2.40. The third-order valence-electron chi connectivity index (χ3n) is 2.27. The van der Waals surface area contributed by atoms with Crippen molar-refractivity contribution in [3.63, 3.8) is 0 Å². The van der Waals surface area contributed by atoms with E-state index < -0.39 is 0 Å². The van der Waals surface area contributed by atoms with Crippen LogP contribution in [0.5, 0.6) is 0 Å². The smallest absolute Gasteiger partial charge is 1.00 e. The van der Waals surface area contributed by atoms with E-state index in [2.05, 4.69) is 23.1 Å². The third kappa shape index (κ3) is 5.31. The fraction of sp³-hybridized carbons (Fsp3) is 0.455. The molecule has 0 bridgehead atoms. The average molecular weight is 280 g/mol. The van der Waals surface area contributed by atoms with E-state index in [0.717, 1.165) is 32.8 Å². The molecular formula is C11H14BrMgNO. The number of hydrogen-bond acceptors (Lipinski definition) is 2. The van der Waals surface area contributed by atoms with Crippen LogP contribution >= 0.6 is 0 Å². The van der Waals surface area contributed by atoms with Gasteiger partial charge in [0.15, 0.2) is 0 Å². The van der Waals surface area contributed by atoms with Gasteiger partial charge in [-0.15, -0.1) is 5.56 Å². The molecule has 1 saturated heterocycles. The van der Waals surface area contributed by atoms with Gasteiger partial charge in [0.1, 0.15) is 0 Å². The minimum atomic E-state index is 0. The van der Waals surface area contributed by atoms with Crippen molar-refractivity contribution >= 4 is 23.1 Å². The second kappa shape index (κ2) is 8.53. The first-order chi connectivity index (χ1) is 6.45. The molecule has 2 nitrogen and oxygen atoms in total. The Hall–Kier alpha value is 0.386. The van der Waals surface area contributed by atoms with Crippen LogP contribution in [0.15, 0.2) is 24.3 Å². The molecule has 0 amide bonds. The van der Waals surface area contributed by atoms with E-state index in [-0.39, 0.29) is 40.0 Å². The minimum absolute atomic E-state index is 0. The molecule has 0 spiro atoms. The van der Waals surface area contributed by atoms with Crippen molar-refractivity contribution in [1.29, 1.82) is 0 Å². The van der Waals surface area contributed by atoms with Gasteiger partial charge in [-0.25, -0.2) is 0 Å². The van der Waals surface area contributed by atoms with Crippen LogP contribution in [0, 0.1) is 6.07 Å². The molecule has 0 saturated carbocycles. The van der Waals surface area contributed by atoms with Crippen LogP contribution in [0.3, 0.4) is 0 Å². The Labute approximate surface area is 118 Å². The van der Waals surface area contributed by atoms with Gasteiger partial charge < -0.3 is 21.7 Å². The first kappa shape index (κ1) is 15.4. The van der Waals surface area contributed by atoms with Crippen molar-refractivity contribution in [3.8, 4) is 0 Å². The molecule has 0 unspecified atom stereocenters. The van der Waals surface area contributed by atoms with Crippen molar-refractivity contribution in [2.24, 2.45) is 0 Å². The summed E-state index contributed by atoms with van der Waals surface area (Å²) in [7, 11) is 0. The Kier molecular flexibility index (Phi) is 8.75. The van der Waals surface area contributed by atoms with Gasteiger partial charge in [0, 0.05) is 19.6 Å². The van der Waals surface area contributed by atoms with E-state index in [1.54, 1.807) is 0 Å². The summed E-state index contributed by atoms with van der Waals surface area (Å²) in [5.74, 6) is 0. The number of halogens is 1. The zero-order valence-corrected chi connectivity index (χ0v) is 11.8. The minimum Gasteiger partial charge on any atom is -1.00 e. The summed E-state index contributed by atoms with van der Waals surface area (Å²) in [6.45, 7) is 4.83. The maximum Gasteiger partial charge on any atom is 2.00 e. The molecular weight excluding hydrogens is 266 g/mol. The summed E-state index contributed by atoms with van der Waals surface area (Å²) >= 11 is 0. The fourth-order valence-electron chi connectivity index (χ4n) is 1.53.